The smallest absolute Gasteiger partial charge is 0.0689 e. The van der Waals surface area contributed by atoms with Crippen LogP contribution in [0.15, 0.2) is 0 Å². The molecule has 0 aromatic rings. The average Bonchev–Trinajstić information content (AvgIpc) is 2.72. The molecule has 0 saturated heterocycles. The summed E-state index contributed by atoms with van der Waals surface area (Å²) in [6.07, 6.45) is 22.4. The summed E-state index contributed by atoms with van der Waals surface area (Å²) in [5, 5.41) is 9.70. The first-order chi connectivity index (χ1) is 13.2. The van der Waals surface area contributed by atoms with Gasteiger partial charge in [-0.3, -0.25) is 0 Å². The third-order valence-corrected chi connectivity index (χ3v) is 7.39. The van der Waals surface area contributed by atoms with Gasteiger partial charge in [0, 0.05) is 6.61 Å². The van der Waals surface area contributed by atoms with E-state index in [-0.39, 0.29) is 5.41 Å². The molecular weight excluding hydrogens is 330 g/mol. The van der Waals surface area contributed by atoms with Gasteiger partial charge < -0.3 is 4.74 Å². The molecule has 0 spiro atoms. The second kappa shape index (κ2) is 12.8. The Bertz CT molecular complexity index is 411. The van der Waals surface area contributed by atoms with E-state index in [0.29, 0.717) is 12.0 Å². The zero-order chi connectivity index (χ0) is 19.4. The summed E-state index contributed by atoms with van der Waals surface area (Å²) in [6.45, 7) is 5.48. The van der Waals surface area contributed by atoms with Crippen molar-refractivity contribution < 1.29 is 4.74 Å². The number of hydrogen-bond donors (Lipinski definition) is 0. The Balaban J connectivity index is 1.57. The van der Waals surface area contributed by atoms with E-state index in [1.807, 2.05) is 0 Å². The second-order valence-electron chi connectivity index (χ2n) is 9.62. The molecule has 0 radical (unpaired) electrons. The van der Waals surface area contributed by atoms with Crippen LogP contribution in [0.2, 0.25) is 0 Å². The van der Waals surface area contributed by atoms with Gasteiger partial charge in [0.25, 0.3) is 0 Å². The van der Waals surface area contributed by atoms with Gasteiger partial charge in [-0.05, 0) is 69.6 Å². The van der Waals surface area contributed by atoms with Crippen molar-refractivity contribution in [2.24, 2.45) is 17.3 Å². The molecule has 0 unspecified atom stereocenters. The molecule has 156 valence electrons. The molecule has 0 aliphatic heterocycles. The van der Waals surface area contributed by atoms with E-state index in [9.17, 15) is 5.26 Å². The minimum atomic E-state index is -0.0124. The molecule has 0 aromatic carbocycles. The highest BCUT2D eigenvalue weighted by Crippen LogP contribution is 2.42. The van der Waals surface area contributed by atoms with Crippen LogP contribution in [0.25, 0.3) is 0 Å². The third kappa shape index (κ3) is 8.15. The molecular formula is C25H45NO. The average molecular weight is 376 g/mol. The van der Waals surface area contributed by atoms with Crippen molar-refractivity contribution >= 4 is 0 Å². The predicted octanol–water partition coefficient (Wildman–Crippen LogP) is 7.81. The molecule has 0 amide bonds. The number of nitrogens with zero attached hydrogens (tertiary/aromatic N) is 1. The summed E-state index contributed by atoms with van der Waals surface area (Å²) < 4.78 is 6.33. The Morgan fingerprint density at radius 1 is 0.815 bits per heavy atom. The molecule has 2 nitrogen and oxygen atoms in total. The molecule has 0 aromatic heterocycles. The maximum absolute atomic E-state index is 9.70. The fraction of sp³-hybridized carbons (Fsp3) is 0.960. The summed E-state index contributed by atoms with van der Waals surface area (Å²) in [4.78, 5) is 0. The zero-order valence-corrected chi connectivity index (χ0v) is 18.3. The van der Waals surface area contributed by atoms with Crippen molar-refractivity contribution in [3.8, 4) is 6.07 Å². The van der Waals surface area contributed by atoms with Gasteiger partial charge in [-0.25, -0.2) is 0 Å². The van der Waals surface area contributed by atoms with E-state index in [4.69, 9.17) is 4.74 Å². The van der Waals surface area contributed by atoms with Gasteiger partial charge in [0.15, 0.2) is 0 Å². The molecule has 2 saturated carbocycles. The molecule has 0 heterocycles. The van der Waals surface area contributed by atoms with Crippen molar-refractivity contribution in [3.63, 3.8) is 0 Å². The SMILES string of the molecule is CCCCCC[C@H]1CC[C@H](OC[C@H]2CC[C@@](C#N)(CCCCC)CC2)CC1. The lowest BCUT2D eigenvalue weighted by Crippen LogP contribution is -2.30. The molecule has 27 heavy (non-hydrogen) atoms. The Kier molecular flexibility index (Phi) is 10.8. The predicted molar refractivity (Wildman–Crippen MR) is 115 cm³/mol. The molecule has 2 aliphatic carbocycles. The van der Waals surface area contributed by atoms with Crippen LogP contribution >= 0.6 is 0 Å². The first kappa shape index (κ1) is 22.7. The summed E-state index contributed by atoms with van der Waals surface area (Å²) >= 11 is 0. The highest BCUT2D eigenvalue weighted by atomic mass is 16.5. The van der Waals surface area contributed by atoms with Crippen LogP contribution in [0.3, 0.4) is 0 Å². The zero-order valence-electron chi connectivity index (χ0n) is 18.3. The van der Waals surface area contributed by atoms with E-state index in [1.54, 1.807) is 0 Å². The van der Waals surface area contributed by atoms with Crippen LogP contribution in [0, 0.1) is 28.6 Å². The van der Waals surface area contributed by atoms with E-state index in [0.717, 1.165) is 31.8 Å². The van der Waals surface area contributed by atoms with Crippen molar-refractivity contribution in [2.75, 3.05) is 6.61 Å². The van der Waals surface area contributed by atoms with Gasteiger partial charge >= 0.3 is 0 Å². The monoisotopic (exact) mass is 375 g/mol. The van der Waals surface area contributed by atoms with Crippen LogP contribution in [-0.2, 0) is 4.74 Å². The Hall–Kier alpha value is -0.550. The Labute approximate surface area is 169 Å². The lowest BCUT2D eigenvalue weighted by Gasteiger charge is -2.36. The normalized spacial score (nSPS) is 31.5. The molecule has 2 rings (SSSR count). The molecule has 2 aliphatic rings. The molecule has 0 N–H and O–H groups in total. The van der Waals surface area contributed by atoms with Gasteiger partial charge in [-0.1, -0.05) is 65.2 Å². The van der Waals surface area contributed by atoms with E-state index >= 15 is 0 Å². The quantitative estimate of drug-likeness (QED) is 0.326. The summed E-state index contributed by atoms with van der Waals surface area (Å²) in [5.41, 5.74) is -0.0124. The van der Waals surface area contributed by atoms with Crippen molar-refractivity contribution in [1.29, 1.82) is 5.26 Å². The lowest BCUT2D eigenvalue weighted by molar-refractivity contribution is -0.0135. The van der Waals surface area contributed by atoms with E-state index in [2.05, 4.69) is 19.9 Å². The number of ether oxygens (including phenoxy) is 1. The fourth-order valence-electron chi connectivity index (χ4n) is 5.25. The first-order valence-corrected chi connectivity index (χ1v) is 12.2. The molecule has 0 atom stereocenters. The number of rotatable bonds is 12. The second-order valence-corrected chi connectivity index (χ2v) is 9.62. The largest absolute Gasteiger partial charge is 0.378 e. The standard InChI is InChI=1S/C25H45NO/c1-3-5-7-8-10-22-11-13-24(14-12-22)27-20-23-15-18-25(21-26,19-16-23)17-9-6-4-2/h22-24H,3-20H2,1-2H3/t22-,23-,24-,25-. The molecule has 2 heteroatoms. The number of hydrogen-bond acceptors (Lipinski definition) is 2. The highest BCUT2D eigenvalue weighted by Gasteiger charge is 2.35. The molecule has 2 fully saturated rings. The van der Waals surface area contributed by atoms with Crippen molar-refractivity contribution in [3.05, 3.63) is 0 Å². The number of unbranched alkanes of at least 4 members (excludes halogenated alkanes) is 5. The van der Waals surface area contributed by atoms with Crippen molar-refractivity contribution in [1.82, 2.24) is 0 Å². The Morgan fingerprint density at radius 2 is 1.48 bits per heavy atom. The summed E-state index contributed by atoms with van der Waals surface area (Å²) in [5.74, 6) is 1.67. The first-order valence-electron chi connectivity index (χ1n) is 12.2. The highest BCUT2D eigenvalue weighted by molar-refractivity contribution is 5.01. The number of nitriles is 1. The third-order valence-electron chi connectivity index (χ3n) is 7.39. The van der Waals surface area contributed by atoms with E-state index < -0.39 is 0 Å². The summed E-state index contributed by atoms with van der Waals surface area (Å²) in [6, 6.07) is 2.69. The van der Waals surface area contributed by atoms with Gasteiger partial charge in [0.1, 0.15) is 0 Å². The van der Waals surface area contributed by atoms with Gasteiger partial charge in [-0.15, -0.1) is 0 Å². The maximum Gasteiger partial charge on any atom is 0.0689 e. The van der Waals surface area contributed by atoms with Crippen LogP contribution in [-0.4, -0.2) is 12.7 Å². The maximum atomic E-state index is 9.70. The van der Waals surface area contributed by atoms with Crippen LogP contribution in [0.1, 0.15) is 123 Å². The lowest BCUT2D eigenvalue weighted by atomic mass is 9.69. The fourth-order valence-corrected chi connectivity index (χ4v) is 5.25. The van der Waals surface area contributed by atoms with Crippen LogP contribution < -0.4 is 0 Å². The summed E-state index contributed by atoms with van der Waals surface area (Å²) in [7, 11) is 0. The molecule has 0 bridgehead atoms. The van der Waals surface area contributed by atoms with Gasteiger partial charge in [0.05, 0.1) is 17.6 Å². The van der Waals surface area contributed by atoms with Crippen molar-refractivity contribution in [2.45, 2.75) is 129 Å². The van der Waals surface area contributed by atoms with Gasteiger partial charge in [0.2, 0.25) is 0 Å². The van der Waals surface area contributed by atoms with Gasteiger partial charge in [-0.2, -0.15) is 5.26 Å². The minimum absolute atomic E-state index is 0.0124. The van der Waals surface area contributed by atoms with Crippen LogP contribution in [0.5, 0.6) is 0 Å². The Morgan fingerprint density at radius 3 is 2.11 bits per heavy atom. The van der Waals surface area contributed by atoms with E-state index in [1.165, 1.54) is 89.9 Å². The van der Waals surface area contributed by atoms with Crippen LogP contribution in [0.4, 0.5) is 0 Å². The topological polar surface area (TPSA) is 33.0 Å². The minimum Gasteiger partial charge on any atom is -0.378 e.